The van der Waals surface area contributed by atoms with Crippen molar-refractivity contribution in [2.24, 2.45) is 29.6 Å². The van der Waals surface area contributed by atoms with Crippen LogP contribution in [-0.4, -0.2) is 6.61 Å². The Hall–Kier alpha value is -1.12. The Morgan fingerprint density at radius 2 is 1.68 bits per heavy atom. The highest BCUT2D eigenvalue weighted by Gasteiger charge is 2.38. The molecule has 0 aliphatic heterocycles. The number of hydrogen-bond acceptors (Lipinski definition) is 1. The molecule has 5 unspecified atom stereocenters. The van der Waals surface area contributed by atoms with E-state index in [2.05, 4.69) is 11.7 Å². The van der Waals surface area contributed by atoms with Gasteiger partial charge in [-0.15, -0.1) is 0 Å². The molecular weight excluding hydrogens is 354 g/mol. The molecule has 5 atom stereocenters. The molecule has 0 heterocycles. The largest absolute Gasteiger partial charge is 0.435 e. The molecule has 0 amide bonds. The molecule has 3 heteroatoms. The predicted molar refractivity (Wildman–Crippen MR) is 110 cm³/mol. The smallest absolute Gasteiger partial charge is 0.387 e. The second kappa shape index (κ2) is 9.13. The van der Waals surface area contributed by atoms with Gasteiger partial charge < -0.3 is 4.74 Å². The summed E-state index contributed by atoms with van der Waals surface area (Å²) in [6.07, 6.45) is 16.3. The lowest BCUT2D eigenvalue weighted by Crippen LogP contribution is -2.35. The molecule has 156 valence electrons. The summed E-state index contributed by atoms with van der Waals surface area (Å²) in [5.74, 6) is 4.94. The van der Waals surface area contributed by atoms with Crippen LogP contribution in [-0.2, 0) is 12.8 Å². The van der Waals surface area contributed by atoms with Gasteiger partial charge in [0.1, 0.15) is 5.75 Å². The summed E-state index contributed by atoms with van der Waals surface area (Å²) in [7, 11) is 0. The van der Waals surface area contributed by atoms with E-state index in [1.54, 1.807) is 6.07 Å². The summed E-state index contributed by atoms with van der Waals surface area (Å²) >= 11 is 0. The molecule has 28 heavy (non-hydrogen) atoms. The Kier molecular flexibility index (Phi) is 6.58. The van der Waals surface area contributed by atoms with Gasteiger partial charge >= 0.3 is 6.61 Å². The summed E-state index contributed by atoms with van der Waals surface area (Å²) in [5, 5.41) is 0. The average molecular weight is 391 g/mol. The van der Waals surface area contributed by atoms with Gasteiger partial charge in [-0.3, -0.25) is 0 Å². The third kappa shape index (κ3) is 4.71. The first kappa shape index (κ1) is 20.2. The maximum atomic E-state index is 12.5. The highest BCUT2D eigenvalue weighted by Crippen LogP contribution is 2.49. The SMILES string of the molecule is CCCCC1CCC2CC(C3CCc4cc(OC(F)F)ccc4C3)CCC2C1. The number of hydrogen-bond donors (Lipinski definition) is 0. The maximum absolute atomic E-state index is 12.5. The van der Waals surface area contributed by atoms with Crippen LogP contribution in [0.15, 0.2) is 18.2 Å². The van der Waals surface area contributed by atoms with E-state index in [1.807, 2.05) is 12.1 Å². The first-order chi connectivity index (χ1) is 13.6. The molecular formula is C25H36F2O. The molecule has 1 aromatic rings. The predicted octanol–water partition coefficient (Wildman–Crippen LogP) is 7.42. The Bertz CT molecular complexity index is 643. The Labute approximate surface area is 169 Å². The van der Waals surface area contributed by atoms with Crippen LogP contribution in [0, 0.1) is 29.6 Å². The van der Waals surface area contributed by atoms with Crippen molar-refractivity contribution in [3.8, 4) is 5.75 Å². The summed E-state index contributed by atoms with van der Waals surface area (Å²) in [5.41, 5.74) is 2.59. The van der Waals surface area contributed by atoms with Crippen LogP contribution in [0.5, 0.6) is 5.75 Å². The fourth-order valence-corrected chi connectivity index (χ4v) is 6.54. The zero-order valence-electron chi connectivity index (χ0n) is 17.3. The molecule has 4 rings (SSSR count). The molecule has 3 aliphatic rings. The molecule has 2 saturated carbocycles. The number of alkyl halides is 2. The van der Waals surface area contributed by atoms with E-state index in [9.17, 15) is 8.78 Å². The summed E-state index contributed by atoms with van der Waals surface area (Å²) in [6, 6.07) is 5.60. The molecule has 1 nitrogen and oxygen atoms in total. The van der Waals surface area contributed by atoms with Crippen molar-refractivity contribution >= 4 is 0 Å². The number of halogens is 2. The molecule has 0 aromatic heterocycles. The lowest BCUT2D eigenvalue weighted by Gasteiger charge is -2.45. The lowest BCUT2D eigenvalue weighted by molar-refractivity contribution is -0.0499. The zero-order chi connectivity index (χ0) is 19.5. The van der Waals surface area contributed by atoms with Crippen LogP contribution in [0.3, 0.4) is 0 Å². The molecule has 1 aromatic carbocycles. The minimum absolute atomic E-state index is 0.313. The van der Waals surface area contributed by atoms with Gasteiger partial charge in [-0.25, -0.2) is 0 Å². The van der Waals surface area contributed by atoms with E-state index < -0.39 is 6.61 Å². The number of aryl methyl sites for hydroxylation is 1. The van der Waals surface area contributed by atoms with Gasteiger partial charge in [0, 0.05) is 0 Å². The van der Waals surface area contributed by atoms with Gasteiger partial charge in [-0.1, -0.05) is 38.7 Å². The van der Waals surface area contributed by atoms with Crippen molar-refractivity contribution in [2.75, 3.05) is 0 Å². The van der Waals surface area contributed by atoms with E-state index in [0.717, 1.165) is 42.4 Å². The first-order valence-corrected chi connectivity index (χ1v) is 11.7. The van der Waals surface area contributed by atoms with Crippen molar-refractivity contribution in [3.63, 3.8) is 0 Å². The van der Waals surface area contributed by atoms with Crippen molar-refractivity contribution in [2.45, 2.75) is 90.6 Å². The molecule has 0 spiro atoms. The van der Waals surface area contributed by atoms with Crippen LogP contribution in [0.4, 0.5) is 8.78 Å². The molecule has 0 bridgehead atoms. The molecule has 0 radical (unpaired) electrons. The van der Waals surface area contributed by atoms with Crippen molar-refractivity contribution in [1.82, 2.24) is 0 Å². The zero-order valence-corrected chi connectivity index (χ0v) is 17.3. The molecule has 2 fully saturated rings. The Morgan fingerprint density at radius 1 is 0.929 bits per heavy atom. The Morgan fingerprint density at radius 3 is 2.46 bits per heavy atom. The van der Waals surface area contributed by atoms with Crippen molar-refractivity contribution in [1.29, 1.82) is 0 Å². The van der Waals surface area contributed by atoms with Gasteiger partial charge in [-0.05, 0) is 104 Å². The number of ether oxygens (including phenoxy) is 1. The van der Waals surface area contributed by atoms with Gasteiger partial charge in [0.05, 0.1) is 0 Å². The number of rotatable bonds is 6. The summed E-state index contributed by atoms with van der Waals surface area (Å²) in [6.45, 7) is -0.423. The monoisotopic (exact) mass is 390 g/mol. The number of fused-ring (bicyclic) bond motifs is 2. The van der Waals surface area contributed by atoms with Crippen molar-refractivity contribution in [3.05, 3.63) is 29.3 Å². The fraction of sp³-hybridized carbons (Fsp3) is 0.760. The van der Waals surface area contributed by atoms with E-state index in [1.165, 1.54) is 75.3 Å². The van der Waals surface area contributed by atoms with Gasteiger partial charge in [0.15, 0.2) is 0 Å². The van der Waals surface area contributed by atoms with E-state index in [-0.39, 0.29) is 0 Å². The van der Waals surface area contributed by atoms with Crippen LogP contribution in [0.2, 0.25) is 0 Å². The van der Waals surface area contributed by atoms with Crippen LogP contribution in [0.1, 0.15) is 82.3 Å². The Balaban J connectivity index is 1.32. The van der Waals surface area contributed by atoms with Gasteiger partial charge in [-0.2, -0.15) is 8.78 Å². The average Bonchev–Trinajstić information content (AvgIpc) is 2.71. The fourth-order valence-electron chi connectivity index (χ4n) is 6.54. The minimum atomic E-state index is -2.73. The minimum Gasteiger partial charge on any atom is -0.435 e. The normalized spacial score (nSPS) is 32.6. The second-order valence-corrected chi connectivity index (χ2v) is 9.73. The van der Waals surface area contributed by atoms with Crippen LogP contribution >= 0.6 is 0 Å². The number of benzene rings is 1. The highest BCUT2D eigenvalue weighted by molar-refractivity contribution is 5.37. The highest BCUT2D eigenvalue weighted by atomic mass is 19.3. The van der Waals surface area contributed by atoms with E-state index in [0.29, 0.717) is 5.75 Å². The summed E-state index contributed by atoms with van der Waals surface area (Å²) < 4.78 is 29.5. The molecule has 0 saturated heterocycles. The molecule has 0 N–H and O–H groups in total. The van der Waals surface area contributed by atoms with Gasteiger partial charge in [0.2, 0.25) is 0 Å². The quantitative estimate of drug-likeness (QED) is 0.491. The molecule has 3 aliphatic carbocycles. The third-order valence-electron chi connectivity index (χ3n) is 8.06. The third-order valence-corrected chi connectivity index (χ3v) is 8.06. The lowest BCUT2D eigenvalue weighted by atomic mass is 9.61. The van der Waals surface area contributed by atoms with E-state index >= 15 is 0 Å². The number of unbranched alkanes of at least 4 members (excludes halogenated alkanes) is 1. The first-order valence-electron chi connectivity index (χ1n) is 11.7. The maximum Gasteiger partial charge on any atom is 0.387 e. The van der Waals surface area contributed by atoms with Crippen LogP contribution < -0.4 is 4.74 Å². The van der Waals surface area contributed by atoms with Gasteiger partial charge in [0.25, 0.3) is 0 Å². The standard InChI is InChI=1S/C25H36F2O/c1-2-3-4-17-5-6-19-14-20(8-7-18(19)13-17)21-9-10-23-16-24(28-25(26)27)12-11-22(23)15-21/h11-12,16-21,25H,2-10,13-15H2,1H3. The van der Waals surface area contributed by atoms with E-state index in [4.69, 9.17) is 0 Å². The summed E-state index contributed by atoms with van der Waals surface area (Å²) in [4.78, 5) is 0. The van der Waals surface area contributed by atoms with Crippen LogP contribution in [0.25, 0.3) is 0 Å². The van der Waals surface area contributed by atoms with Crippen molar-refractivity contribution < 1.29 is 13.5 Å². The second-order valence-electron chi connectivity index (χ2n) is 9.73. The topological polar surface area (TPSA) is 9.23 Å².